The fraction of sp³-hybridized carbons (Fsp3) is 0.600. The van der Waals surface area contributed by atoms with Crippen molar-refractivity contribution in [2.75, 3.05) is 24.7 Å². The minimum atomic E-state index is 0.242. The first kappa shape index (κ1) is 12.0. The number of nitrogens with two attached hydrogens (primary N) is 1. The first-order valence-corrected chi connectivity index (χ1v) is 6.95. The van der Waals surface area contributed by atoms with Crippen molar-refractivity contribution in [1.82, 2.24) is 0 Å². The molecule has 2 atom stereocenters. The number of benzene rings is 1. The lowest BCUT2D eigenvalue weighted by atomic mass is 9.95. The van der Waals surface area contributed by atoms with Gasteiger partial charge in [-0.15, -0.1) is 0 Å². The van der Waals surface area contributed by atoms with Crippen molar-refractivity contribution in [2.45, 2.75) is 38.3 Å². The zero-order chi connectivity index (χ0) is 12.5. The highest BCUT2D eigenvalue weighted by atomic mass is 16.5. The van der Waals surface area contributed by atoms with Gasteiger partial charge >= 0.3 is 0 Å². The van der Waals surface area contributed by atoms with Crippen molar-refractivity contribution in [2.24, 2.45) is 5.73 Å². The first-order chi connectivity index (χ1) is 8.75. The molecule has 1 fully saturated rings. The van der Waals surface area contributed by atoms with Crippen molar-refractivity contribution in [3.8, 4) is 0 Å². The van der Waals surface area contributed by atoms with Crippen LogP contribution in [0, 0.1) is 6.92 Å². The van der Waals surface area contributed by atoms with Crippen LogP contribution in [-0.2, 0) is 11.2 Å². The lowest BCUT2D eigenvalue weighted by Gasteiger charge is -2.42. The van der Waals surface area contributed by atoms with Gasteiger partial charge in [0.2, 0.25) is 0 Å². The molecule has 0 aliphatic carbocycles. The van der Waals surface area contributed by atoms with Crippen molar-refractivity contribution in [3.63, 3.8) is 0 Å². The van der Waals surface area contributed by atoms with Gasteiger partial charge in [-0.25, -0.2) is 0 Å². The van der Waals surface area contributed by atoms with Crippen molar-refractivity contribution in [1.29, 1.82) is 0 Å². The molecule has 0 saturated carbocycles. The number of ether oxygens (including phenoxy) is 1. The molecule has 1 aromatic rings. The number of hydrogen-bond acceptors (Lipinski definition) is 3. The molecular formula is C15H22N2O. The van der Waals surface area contributed by atoms with Crippen LogP contribution in [0.3, 0.4) is 0 Å². The number of hydrogen-bond donors (Lipinski definition) is 1. The van der Waals surface area contributed by atoms with Crippen LogP contribution in [0.15, 0.2) is 18.2 Å². The van der Waals surface area contributed by atoms with E-state index < -0.39 is 0 Å². The number of nitrogens with zero attached hydrogens (tertiary/aromatic N) is 1. The Morgan fingerprint density at radius 1 is 1.39 bits per heavy atom. The maximum Gasteiger partial charge on any atom is 0.0685 e. The third kappa shape index (κ3) is 2.13. The number of aryl methyl sites for hydroxylation is 2. The van der Waals surface area contributed by atoms with Gasteiger partial charge in [-0.3, -0.25) is 0 Å². The standard InChI is InChI=1S/C15H22N2O/c1-11-4-5-14-12(9-11)3-2-7-17(14)15-10-18-8-6-13(15)16/h4-5,9,13,15H,2-3,6-8,10,16H2,1H3. The van der Waals surface area contributed by atoms with E-state index in [1.165, 1.54) is 29.7 Å². The van der Waals surface area contributed by atoms with Crippen molar-refractivity contribution < 1.29 is 4.74 Å². The average Bonchev–Trinajstić information content (AvgIpc) is 2.38. The minimum Gasteiger partial charge on any atom is -0.379 e. The average molecular weight is 246 g/mol. The molecule has 2 aliphatic heterocycles. The van der Waals surface area contributed by atoms with Gasteiger partial charge in [0.05, 0.1) is 12.6 Å². The molecule has 0 aromatic heterocycles. The summed E-state index contributed by atoms with van der Waals surface area (Å²) in [4.78, 5) is 2.47. The van der Waals surface area contributed by atoms with Crippen LogP contribution < -0.4 is 10.6 Å². The summed E-state index contributed by atoms with van der Waals surface area (Å²) in [5.74, 6) is 0. The van der Waals surface area contributed by atoms with Gasteiger partial charge in [-0.2, -0.15) is 0 Å². The summed E-state index contributed by atoms with van der Waals surface area (Å²) in [6, 6.07) is 7.36. The maximum atomic E-state index is 6.28. The number of rotatable bonds is 1. The summed E-state index contributed by atoms with van der Waals surface area (Å²) in [6.45, 7) is 4.85. The third-order valence-electron chi connectivity index (χ3n) is 4.17. The maximum absolute atomic E-state index is 6.28. The van der Waals surface area contributed by atoms with Gasteiger partial charge in [0.1, 0.15) is 0 Å². The van der Waals surface area contributed by atoms with Gasteiger partial charge in [0.25, 0.3) is 0 Å². The smallest absolute Gasteiger partial charge is 0.0685 e. The molecule has 3 nitrogen and oxygen atoms in total. The SMILES string of the molecule is Cc1ccc2c(c1)CCCN2C1COCCC1N. The minimum absolute atomic E-state index is 0.242. The van der Waals surface area contributed by atoms with E-state index in [1.807, 2.05) is 0 Å². The van der Waals surface area contributed by atoms with E-state index in [1.54, 1.807) is 0 Å². The molecule has 2 N–H and O–H groups in total. The number of fused-ring (bicyclic) bond motifs is 1. The van der Waals surface area contributed by atoms with Crippen LogP contribution in [0.1, 0.15) is 24.0 Å². The Labute approximate surface area is 109 Å². The summed E-state index contributed by atoms with van der Waals surface area (Å²) in [6.07, 6.45) is 3.39. The molecule has 0 bridgehead atoms. The van der Waals surface area contributed by atoms with E-state index in [-0.39, 0.29) is 6.04 Å². The molecule has 2 aliphatic rings. The summed E-state index contributed by atoms with van der Waals surface area (Å²) in [5.41, 5.74) is 10.5. The second kappa shape index (κ2) is 4.90. The molecule has 1 saturated heterocycles. The van der Waals surface area contributed by atoms with Crippen molar-refractivity contribution >= 4 is 5.69 Å². The predicted molar refractivity (Wildman–Crippen MR) is 74.0 cm³/mol. The van der Waals surface area contributed by atoms with Crippen LogP contribution in [0.4, 0.5) is 5.69 Å². The Kier molecular flexibility index (Phi) is 3.27. The van der Waals surface area contributed by atoms with Crippen LogP contribution in [0.25, 0.3) is 0 Å². The monoisotopic (exact) mass is 246 g/mol. The van der Waals surface area contributed by atoms with E-state index in [9.17, 15) is 0 Å². The summed E-state index contributed by atoms with van der Waals surface area (Å²) < 4.78 is 5.62. The Morgan fingerprint density at radius 3 is 3.11 bits per heavy atom. The molecule has 0 spiro atoms. The Morgan fingerprint density at radius 2 is 2.28 bits per heavy atom. The molecule has 2 unspecified atom stereocenters. The zero-order valence-corrected chi connectivity index (χ0v) is 11.1. The molecule has 98 valence electrons. The first-order valence-electron chi connectivity index (χ1n) is 6.95. The van der Waals surface area contributed by atoms with E-state index in [4.69, 9.17) is 10.5 Å². The molecule has 3 heteroatoms. The van der Waals surface area contributed by atoms with Gasteiger partial charge in [0, 0.05) is 24.9 Å². The fourth-order valence-corrected chi connectivity index (χ4v) is 3.16. The Bertz CT molecular complexity index is 433. The molecular weight excluding hydrogens is 224 g/mol. The van der Waals surface area contributed by atoms with E-state index in [0.29, 0.717) is 6.04 Å². The van der Waals surface area contributed by atoms with Crippen LogP contribution in [0.2, 0.25) is 0 Å². The molecule has 1 aromatic carbocycles. The largest absolute Gasteiger partial charge is 0.379 e. The quantitative estimate of drug-likeness (QED) is 0.822. The van der Waals surface area contributed by atoms with Gasteiger partial charge in [-0.1, -0.05) is 17.7 Å². The molecule has 0 radical (unpaired) electrons. The second-order valence-electron chi connectivity index (χ2n) is 5.52. The zero-order valence-electron chi connectivity index (χ0n) is 11.1. The lowest BCUT2D eigenvalue weighted by molar-refractivity contribution is 0.0676. The van der Waals surface area contributed by atoms with Gasteiger partial charge in [0.15, 0.2) is 0 Å². The Hall–Kier alpha value is -1.06. The molecule has 18 heavy (non-hydrogen) atoms. The predicted octanol–water partition coefficient (Wildman–Crippen LogP) is 1.86. The molecule has 0 amide bonds. The van der Waals surface area contributed by atoms with E-state index >= 15 is 0 Å². The van der Waals surface area contributed by atoms with Gasteiger partial charge in [-0.05, 0) is 37.8 Å². The third-order valence-corrected chi connectivity index (χ3v) is 4.17. The highest BCUT2D eigenvalue weighted by Crippen LogP contribution is 2.31. The highest BCUT2D eigenvalue weighted by Gasteiger charge is 2.31. The lowest BCUT2D eigenvalue weighted by Crippen LogP contribution is -2.55. The number of anilines is 1. The summed E-state index contributed by atoms with van der Waals surface area (Å²) in [5, 5.41) is 0. The molecule has 3 rings (SSSR count). The van der Waals surface area contributed by atoms with Crippen LogP contribution in [-0.4, -0.2) is 31.8 Å². The topological polar surface area (TPSA) is 38.5 Å². The summed E-state index contributed by atoms with van der Waals surface area (Å²) >= 11 is 0. The highest BCUT2D eigenvalue weighted by molar-refractivity contribution is 5.57. The van der Waals surface area contributed by atoms with Gasteiger partial charge < -0.3 is 15.4 Å². The fourth-order valence-electron chi connectivity index (χ4n) is 3.16. The summed E-state index contributed by atoms with van der Waals surface area (Å²) in [7, 11) is 0. The molecule has 2 heterocycles. The van der Waals surface area contributed by atoms with Crippen molar-refractivity contribution in [3.05, 3.63) is 29.3 Å². The van der Waals surface area contributed by atoms with Crippen LogP contribution in [0.5, 0.6) is 0 Å². The van der Waals surface area contributed by atoms with E-state index in [2.05, 4.69) is 30.0 Å². The Balaban J connectivity index is 1.90. The second-order valence-corrected chi connectivity index (χ2v) is 5.52. The normalized spacial score (nSPS) is 28.0. The van der Waals surface area contributed by atoms with E-state index in [0.717, 1.165) is 26.2 Å². The van der Waals surface area contributed by atoms with Crippen LogP contribution >= 0.6 is 0 Å².